The molecule has 0 unspecified atom stereocenters. The Kier molecular flexibility index (Phi) is 3.08. The maximum absolute atomic E-state index is 5.64. The molecule has 1 aliphatic carbocycles. The minimum absolute atomic E-state index is 0.363. The molecule has 0 amide bonds. The molecule has 104 valence electrons. The van der Waals surface area contributed by atoms with Crippen molar-refractivity contribution in [2.24, 2.45) is 0 Å². The summed E-state index contributed by atoms with van der Waals surface area (Å²) >= 11 is 1.53. The Bertz CT molecular complexity index is 738. The van der Waals surface area contributed by atoms with Crippen LogP contribution in [0, 0.1) is 0 Å². The van der Waals surface area contributed by atoms with Gasteiger partial charge in [0.1, 0.15) is 16.1 Å². The summed E-state index contributed by atoms with van der Waals surface area (Å²) < 4.78 is 5.64. The highest BCUT2D eigenvalue weighted by molar-refractivity contribution is 7.17. The molecule has 0 saturated heterocycles. The maximum Gasteiger partial charge on any atom is 0.213 e. The van der Waals surface area contributed by atoms with Crippen LogP contribution in [-0.2, 0) is 0 Å². The van der Waals surface area contributed by atoms with Crippen LogP contribution >= 0.6 is 11.3 Å². The van der Waals surface area contributed by atoms with Gasteiger partial charge in [-0.2, -0.15) is 0 Å². The summed E-state index contributed by atoms with van der Waals surface area (Å²) in [4.78, 5) is 8.42. The molecule has 0 spiro atoms. The molecule has 21 heavy (non-hydrogen) atoms. The van der Waals surface area contributed by atoms with Gasteiger partial charge in [-0.15, -0.1) is 10.2 Å². The van der Waals surface area contributed by atoms with E-state index in [9.17, 15) is 0 Å². The third-order valence-electron chi connectivity index (χ3n) is 3.13. The first-order chi connectivity index (χ1) is 10.4. The van der Waals surface area contributed by atoms with E-state index in [0.29, 0.717) is 12.0 Å². The Hall–Kier alpha value is -2.34. The number of nitrogens with zero attached hydrogens (tertiary/aromatic N) is 4. The monoisotopic (exact) mass is 296 g/mol. The van der Waals surface area contributed by atoms with Crippen LogP contribution in [-0.4, -0.2) is 26.3 Å². The highest BCUT2D eigenvalue weighted by Gasteiger charge is 2.23. The number of hydrogen-bond acceptors (Lipinski definition) is 6. The van der Waals surface area contributed by atoms with Crippen molar-refractivity contribution in [2.75, 3.05) is 0 Å². The summed E-state index contributed by atoms with van der Waals surface area (Å²) in [6.07, 6.45) is 7.94. The Morgan fingerprint density at radius 2 is 1.81 bits per heavy atom. The van der Waals surface area contributed by atoms with Crippen LogP contribution in [0.2, 0.25) is 0 Å². The van der Waals surface area contributed by atoms with Crippen LogP contribution in [0.15, 0.2) is 42.9 Å². The fourth-order valence-corrected chi connectivity index (χ4v) is 2.70. The number of ether oxygens (including phenoxy) is 1. The van der Waals surface area contributed by atoms with Crippen LogP contribution in [0.4, 0.5) is 0 Å². The molecule has 5 nitrogen and oxygen atoms in total. The first kappa shape index (κ1) is 12.4. The maximum atomic E-state index is 5.64. The van der Waals surface area contributed by atoms with Crippen LogP contribution in [0.1, 0.15) is 12.8 Å². The molecule has 0 bridgehead atoms. The van der Waals surface area contributed by atoms with E-state index in [1.54, 1.807) is 18.6 Å². The highest BCUT2D eigenvalue weighted by atomic mass is 32.1. The van der Waals surface area contributed by atoms with Crippen molar-refractivity contribution in [3.8, 4) is 27.0 Å². The first-order valence-electron chi connectivity index (χ1n) is 6.75. The summed E-state index contributed by atoms with van der Waals surface area (Å²) in [6.45, 7) is 0. The van der Waals surface area contributed by atoms with Crippen molar-refractivity contribution < 1.29 is 4.74 Å². The van der Waals surface area contributed by atoms with Gasteiger partial charge in [-0.1, -0.05) is 11.3 Å². The standard InChI is InChI=1S/C15H12N4OS/c1-2-10(8-16-7-1)14-18-19-15(21-14)11-3-6-13(17-9-11)20-12-4-5-12/h1-3,6-9,12H,4-5H2. The summed E-state index contributed by atoms with van der Waals surface area (Å²) in [6, 6.07) is 7.72. The van der Waals surface area contributed by atoms with Crippen molar-refractivity contribution in [3.63, 3.8) is 0 Å². The van der Waals surface area contributed by atoms with Crippen molar-refractivity contribution >= 4 is 11.3 Å². The molecule has 1 aliphatic rings. The molecule has 0 aliphatic heterocycles. The van der Waals surface area contributed by atoms with E-state index in [4.69, 9.17) is 4.74 Å². The summed E-state index contributed by atoms with van der Waals surface area (Å²) in [5.74, 6) is 0.679. The second-order valence-corrected chi connectivity index (χ2v) is 5.83. The molecule has 6 heteroatoms. The van der Waals surface area contributed by atoms with E-state index in [-0.39, 0.29) is 0 Å². The van der Waals surface area contributed by atoms with Gasteiger partial charge in [-0.05, 0) is 31.0 Å². The molecular formula is C15H12N4OS. The predicted molar refractivity (Wildman–Crippen MR) is 80.0 cm³/mol. The Balaban J connectivity index is 1.57. The molecule has 3 aromatic rings. The molecule has 0 N–H and O–H groups in total. The topological polar surface area (TPSA) is 60.8 Å². The third kappa shape index (κ3) is 2.75. The Labute approximate surface area is 125 Å². The second kappa shape index (κ2) is 5.21. The van der Waals surface area contributed by atoms with Gasteiger partial charge in [0.05, 0.1) is 0 Å². The second-order valence-electron chi connectivity index (χ2n) is 4.86. The fraction of sp³-hybridized carbons (Fsp3) is 0.200. The number of aromatic nitrogens is 4. The molecule has 3 aromatic heterocycles. The predicted octanol–water partition coefficient (Wildman–Crippen LogP) is 3.20. The van der Waals surface area contributed by atoms with E-state index >= 15 is 0 Å². The SMILES string of the molecule is c1cncc(-c2nnc(-c3ccc(OC4CC4)nc3)s2)c1. The van der Waals surface area contributed by atoms with Gasteiger partial charge in [0.2, 0.25) is 5.88 Å². The lowest BCUT2D eigenvalue weighted by Gasteiger charge is -2.02. The van der Waals surface area contributed by atoms with E-state index < -0.39 is 0 Å². The molecule has 1 fully saturated rings. The minimum Gasteiger partial charge on any atom is -0.474 e. The van der Waals surface area contributed by atoms with Gasteiger partial charge >= 0.3 is 0 Å². The van der Waals surface area contributed by atoms with E-state index in [2.05, 4.69) is 20.2 Å². The third-order valence-corrected chi connectivity index (χ3v) is 4.15. The van der Waals surface area contributed by atoms with Crippen LogP contribution in [0.3, 0.4) is 0 Å². The number of pyridine rings is 2. The molecule has 0 atom stereocenters. The fourth-order valence-electron chi connectivity index (χ4n) is 1.88. The van der Waals surface area contributed by atoms with Gasteiger partial charge < -0.3 is 4.74 Å². The first-order valence-corrected chi connectivity index (χ1v) is 7.57. The quantitative estimate of drug-likeness (QED) is 0.740. The van der Waals surface area contributed by atoms with Gasteiger partial charge in [0.15, 0.2) is 0 Å². The molecule has 0 aromatic carbocycles. The van der Waals surface area contributed by atoms with E-state index in [1.807, 2.05) is 24.3 Å². The van der Waals surface area contributed by atoms with Crippen molar-refractivity contribution in [3.05, 3.63) is 42.9 Å². The van der Waals surface area contributed by atoms with Crippen molar-refractivity contribution in [1.29, 1.82) is 0 Å². The highest BCUT2D eigenvalue weighted by Crippen LogP contribution is 2.30. The van der Waals surface area contributed by atoms with Crippen LogP contribution in [0.25, 0.3) is 21.1 Å². The van der Waals surface area contributed by atoms with Gasteiger partial charge in [0, 0.05) is 35.8 Å². The van der Waals surface area contributed by atoms with Gasteiger partial charge in [-0.3, -0.25) is 4.98 Å². The van der Waals surface area contributed by atoms with Crippen molar-refractivity contribution in [1.82, 2.24) is 20.2 Å². The molecular weight excluding hydrogens is 284 g/mol. The lowest BCUT2D eigenvalue weighted by atomic mass is 10.3. The average Bonchev–Trinajstić information content (AvgIpc) is 3.22. The lowest BCUT2D eigenvalue weighted by molar-refractivity contribution is 0.291. The summed E-state index contributed by atoms with van der Waals surface area (Å²) in [5, 5.41) is 10.1. The van der Waals surface area contributed by atoms with E-state index in [1.165, 1.54) is 11.3 Å². The number of hydrogen-bond donors (Lipinski definition) is 0. The van der Waals surface area contributed by atoms with Gasteiger partial charge in [0.25, 0.3) is 0 Å². The van der Waals surface area contributed by atoms with Gasteiger partial charge in [-0.25, -0.2) is 4.98 Å². The zero-order chi connectivity index (χ0) is 14.1. The molecule has 0 radical (unpaired) electrons. The Morgan fingerprint density at radius 3 is 2.43 bits per heavy atom. The summed E-state index contributed by atoms with van der Waals surface area (Å²) in [5.41, 5.74) is 1.92. The zero-order valence-electron chi connectivity index (χ0n) is 11.1. The average molecular weight is 296 g/mol. The molecule has 1 saturated carbocycles. The smallest absolute Gasteiger partial charge is 0.213 e. The zero-order valence-corrected chi connectivity index (χ0v) is 12.0. The van der Waals surface area contributed by atoms with E-state index in [0.717, 1.165) is 34.0 Å². The largest absolute Gasteiger partial charge is 0.474 e. The lowest BCUT2D eigenvalue weighted by Crippen LogP contribution is -1.97. The number of rotatable bonds is 4. The Morgan fingerprint density at radius 1 is 1.00 bits per heavy atom. The van der Waals surface area contributed by atoms with Crippen LogP contribution < -0.4 is 4.74 Å². The molecule has 3 heterocycles. The minimum atomic E-state index is 0.363. The van der Waals surface area contributed by atoms with Crippen LogP contribution in [0.5, 0.6) is 5.88 Å². The normalized spacial score (nSPS) is 14.1. The molecule has 4 rings (SSSR count). The summed E-state index contributed by atoms with van der Waals surface area (Å²) in [7, 11) is 0. The van der Waals surface area contributed by atoms with Crippen molar-refractivity contribution in [2.45, 2.75) is 18.9 Å².